The molecular weight excluding hydrogens is 339 g/mol. The summed E-state index contributed by atoms with van der Waals surface area (Å²) in [6.07, 6.45) is 10.2. The Balaban J connectivity index is 2.74. The van der Waals surface area contributed by atoms with Crippen molar-refractivity contribution in [2.75, 3.05) is 13.2 Å². The van der Waals surface area contributed by atoms with E-state index in [4.69, 9.17) is 6.42 Å². The highest BCUT2D eigenvalue weighted by molar-refractivity contribution is 14.1. The van der Waals surface area contributed by atoms with E-state index in [1.165, 1.54) is 3.57 Å². The van der Waals surface area contributed by atoms with Crippen molar-refractivity contribution in [1.29, 1.82) is 0 Å². The Bertz CT molecular complexity index is 442. The molecule has 0 aliphatic carbocycles. The van der Waals surface area contributed by atoms with E-state index in [0.717, 1.165) is 5.56 Å². The molecule has 1 aromatic carbocycles. The first-order valence-corrected chi connectivity index (χ1v) is 6.81. The minimum atomic E-state index is -0.606. The first-order valence-electron chi connectivity index (χ1n) is 5.74. The molecule has 0 aliphatic heterocycles. The van der Waals surface area contributed by atoms with Gasteiger partial charge in [-0.1, -0.05) is 30.4 Å². The minimum Gasteiger partial charge on any atom is -0.396 e. The maximum Gasteiger partial charge on any atom is 0.0521 e. The lowest BCUT2D eigenvalue weighted by Gasteiger charge is -2.25. The standard InChI is InChI=1S/C15H17IO2/c1-2-9-15(11-17,12-18)10-5-7-13-6-3-4-8-14(13)16/h1,3-8,17-18H,9-12H2/b7-5+. The highest BCUT2D eigenvalue weighted by Gasteiger charge is 2.26. The fourth-order valence-corrected chi connectivity index (χ4v) is 2.19. The predicted octanol–water partition coefficient (Wildman–Crippen LogP) is 2.69. The molecule has 18 heavy (non-hydrogen) atoms. The Hall–Kier alpha value is -0.830. The number of halogens is 1. The molecule has 0 bridgehead atoms. The van der Waals surface area contributed by atoms with Crippen molar-refractivity contribution in [2.24, 2.45) is 5.41 Å². The third kappa shape index (κ3) is 4.13. The van der Waals surface area contributed by atoms with Crippen LogP contribution in [0.4, 0.5) is 0 Å². The number of aliphatic hydroxyl groups excluding tert-OH is 2. The quantitative estimate of drug-likeness (QED) is 0.608. The van der Waals surface area contributed by atoms with Crippen molar-refractivity contribution in [3.8, 4) is 12.3 Å². The molecule has 2 N–H and O–H groups in total. The van der Waals surface area contributed by atoms with Crippen LogP contribution in [0, 0.1) is 21.3 Å². The molecule has 0 atom stereocenters. The summed E-state index contributed by atoms with van der Waals surface area (Å²) < 4.78 is 1.17. The molecule has 0 amide bonds. The molecule has 1 aromatic rings. The van der Waals surface area contributed by atoms with Crippen LogP contribution < -0.4 is 0 Å². The fourth-order valence-electron chi connectivity index (χ4n) is 1.63. The Morgan fingerprint density at radius 2 is 1.94 bits per heavy atom. The number of benzene rings is 1. The molecular formula is C15H17IO2. The Labute approximate surface area is 122 Å². The van der Waals surface area contributed by atoms with E-state index in [1.54, 1.807) is 0 Å². The van der Waals surface area contributed by atoms with Crippen LogP contribution in [0.3, 0.4) is 0 Å². The average Bonchev–Trinajstić information content (AvgIpc) is 2.40. The number of aliphatic hydroxyl groups is 2. The smallest absolute Gasteiger partial charge is 0.0521 e. The van der Waals surface area contributed by atoms with Gasteiger partial charge in [-0.3, -0.25) is 0 Å². The van der Waals surface area contributed by atoms with Crippen LogP contribution in [0.1, 0.15) is 18.4 Å². The van der Waals surface area contributed by atoms with Crippen molar-refractivity contribution >= 4 is 28.7 Å². The molecule has 1 rings (SSSR count). The van der Waals surface area contributed by atoms with Gasteiger partial charge in [-0.15, -0.1) is 12.3 Å². The molecule has 0 aromatic heterocycles. The Kier molecular flexibility index (Phi) is 6.41. The highest BCUT2D eigenvalue weighted by atomic mass is 127. The van der Waals surface area contributed by atoms with Gasteiger partial charge >= 0.3 is 0 Å². The van der Waals surface area contributed by atoms with E-state index >= 15 is 0 Å². The van der Waals surface area contributed by atoms with E-state index in [-0.39, 0.29) is 13.2 Å². The molecule has 0 spiro atoms. The van der Waals surface area contributed by atoms with Gasteiger partial charge in [-0.05, 0) is 40.6 Å². The van der Waals surface area contributed by atoms with E-state index < -0.39 is 5.41 Å². The number of hydrogen-bond donors (Lipinski definition) is 2. The maximum absolute atomic E-state index is 9.37. The molecule has 96 valence electrons. The average molecular weight is 356 g/mol. The van der Waals surface area contributed by atoms with Crippen molar-refractivity contribution < 1.29 is 10.2 Å². The molecule has 0 radical (unpaired) electrons. The predicted molar refractivity (Wildman–Crippen MR) is 82.9 cm³/mol. The van der Waals surface area contributed by atoms with E-state index in [0.29, 0.717) is 12.8 Å². The summed E-state index contributed by atoms with van der Waals surface area (Å²) in [5, 5.41) is 18.7. The van der Waals surface area contributed by atoms with Crippen molar-refractivity contribution in [3.05, 3.63) is 39.5 Å². The molecule has 0 aliphatic rings. The van der Waals surface area contributed by atoms with Crippen LogP contribution in [0.25, 0.3) is 6.08 Å². The summed E-state index contributed by atoms with van der Waals surface area (Å²) in [5.41, 5.74) is 0.523. The van der Waals surface area contributed by atoms with Gasteiger partial charge in [0.15, 0.2) is 0 Å². The lowest BCUT2D eigenvalue weighted by molar-refractivity contribution is 0.0612. The first kappa shape index (κ1) is 15.2. The maximum atomic E-state index is 9.37. The second-order valence-corrected chi connectivity index (χ2v) is 5.49. The van der Waals surface area contributed by atoms with Crippen LogP contribution in [0.5, 0.6) is 0 Å². The Morgan fingerprint density at radius 3 is 2.50 bits per heavy atom. The topological polar surface area (TPSA) is 40.5 Å². The first-order chi connectivity index (χ1) is 8.67. The van der Waals surface area contributed by atoms with E-state index in [2.05, 4.69) is 28.5 Å². The van der Waals surface area contributed by atoms with Crippen molar-refractivity contribution in [2.45, 2.75) is 12.8 Å². The number of rotatable bonds is 6. The summed E-state index contributed by atoms with van der Waals surface area (Å²) in [6, 6.07) is 8.03. The van der Waals surface area contributed by atoms with Gasteiger partial charge in [0.2, 0.25) is 0 Å². The molecule has 2 nitrogen and oxygen atoms in total. The summed E-state index contributed by atoms with van der Waals surface area (Å²) in [4.78, 5) is 0. The van der Waals surface area contributed by atoms with E-state index in [9.17, 15) is 10.2 Å². The normalized spacial score (nSPS) is 11.7. The van der Waals surface area contributed by atoms with Crippen molar-refractivity contribution in [1.82, 2.24) is 0 Å². The highest BCUT2D eigenvalue weighted by Crippen LogP contribution is 2.26. The zero-order valence-corrected chi connectivity index (χ0v) is 12.3. The zero-order chi connectivity index (χ0) is 13.4. The third-order valence-electron chi connectivity index (χ3n) is 2.90. The number of hydrogen-bond acceptors (Lipinski definition) is 2. The zero-order valence-electron chi connectivity index (χ0n) is 10.1. The van der Waals surface area contributed by atoms with Gasteiger partial charge < -0.3 is 10.2 Å². The summed E-state index contributed by atoms with van der Waals surface area (Å²) in [5.74, 6) is 2.52. The largest absolute Gasteiger partial charge is 0.396 e. The van der Waals surface area contributed by atoms with Crippen LogP contribution >= 0.6 is 22.6 Å². The second kappa shape index (κ2) is 7.57. The molecule has 0 saturated heterocycles. The van der Waals surface area contributed by atoms with Gasteiger partial charge in [0.1, 0.15) is 0 Å². The SMILES string of the molecule is C#CCC(CO)(CO)C/C=C/c1ccccc1I. The minimum absolute atomic E-state index is 0.107. The summed E-state index contributed by atoms with van der Waals surface area (Å²) in [7, 11) is 0. The van der Waals surface area contributed by atoms with Gasteiger partial charge in [0, 0.05) is 15.4 Å². The molecule has 3 heteroatoms. The summed E-state index contributed by atoms with van der Waals surface area (Å²) >= 11 is 2.27. The van der Waals surface area contributed by atoms with Crippen LogP contribution in [-0.2, 0) is 0 Å². The Morgan fingerprint density at radius 1 is 1.28 bits per heavy atom. The van der Waals surface area contributed by atoms with Crippen LogP contribution in [-0.4, -0.2) is 23.4 Å². The molecule has 0 heterocycles. The molecule has 0 unspecified atom stereocenters. The molecule has 0 fully saturated rings. The third-order valence-corrected chi connectivity index (χ3v) is 3.88. The van der Waals surface area contributed by atoms with Crippen LogP contribution in [0.15, 0.2) is 30.3 Å². The van der Waals surface area contributed by atoms with Gasteiger partial charge in [0.05, 0.1) is 13.2 Å². The van der Waals surface area contributed by atoms with Crippen LogP contribution in [0.2, 0.25) is 0 Å². The lowest BCUT2D eigenvalue weighted by atomic mass is 9.83. The summed E-state index contributed by atoms with van der Waals surface area (Å²) in [6.45, 7) is -0.214. The monoisotopic (exact) mass is 356 g/mol. The number of terminal acetylenes is 1. The van der Waals surface area contributed by atoms with Crippen molar-refractivity contribution in [3.63, 3.8) is 0 Å². The fraction of sp³-hybridized carbons (Fsp3) is 0.333. The number of allylic oxidation sites excluding steroid dienone is 1. The van der Waals surface area contributed by atoms with Gasteiger partial charge in [0.25, 0.3) is 0 Å². The van der Waals surface area contributed by atoms with E-state index in [1.807, 2.05) is 36.4 Å². The molecule has 0 saturated carbocycles. The lowest BCUT2D eigenvalue weighted by Crippen LogP contribution is -2.28. The van der Waals surface area contributed by atoms with Gasteiger partial charge in [-0.2, -0.15) is 0 Å². The van der Waals surface area contributed by atoms with Gasteiger partial charge in [-0.25, -0.2) is 0 Å². The second-order valence-electron chi connectivity index (χ2n) is 4.33.